The lowest BCUT2D eigenvalue weighted by molar-refractivity contribution is -0.116. The summed E-state index contributed by atoms with van der Waals surface area (Å²) in [4.78, 5) is 15.3. The summed E-state index contributed by atoms with van der Waals surface area (Å²) in [7, 11) is 0. The topological polar surface area (TPSA) is 79.3 Å². The van der Waals surface area contributed by atoms with Crippen LogP contribution in [0.5, 0.6) is 5.75 Å². The van der Waals surface area contributed by atoms with Crippen molar-refractivity contribution in [2.75, 3.05) is 4.90 Å². The molecule has 3 aromatic rings. The molecular formula is C31H26Cl3N3O2. The van der Waals surface area contributed by atoms with Gasteiger partial charge in [-0.1, -0.05) is 70.7 Å². The second-order valence-corrected chi connectivity index (χ2v) is 10.9. The van der Waals surface area contributed by atoms with Gasteiger partial charge in [-0.05, 0) is 67.6 Å². The number of carbonyl (C=O) groups is 1. The zero-order chi connectivity index (χ0) is 27.8. The first-order chi connectivity index (χ1) is 18.7. The predicted octanol–water partition coefficient (Wildman–Crippen LogP) is 8.15. The fourth-order valence-electron chi connectivity index (χ4n) is 5.47. The maximum Gasteiger partial charge on any atom is 0.161 e. The van der Waals surface area contributed by atoms with Gasteiger partial charge in [0.1, 0.15) is 18.2 Å². The highest BCUT2D eigenvalue weighted by molar-refractivity contribution is 6.43. The number of nitriles is 1. The van der Waals surface area contributed by atoms with Crippen LogP contribution in [0.2, 0.25) is 15.1 Å². The first kappa shape index (κ1) is 27.1. The molecule has 1 heterocycles. The number of benzene rings is 3. The molecule has 1 aliphatic heterocycles. The predicted molar refractivity (Wildman–Crippen MR) is 156 cm³/mol. The van der Waals surface area contributed by atoms with Crippen molar-refractivity contribution < 1.29 is 9.53 Å². The normalized spacial score (nSPS) is 17.3. The standard InChI is InChI=1S/C31H26Cl3N3O2/c1-17-13-19(16-39-27-12-4-3-7-22(27)32)18(2)20(14-17)28-21(15-35)31(36)37(24-9-6-11-26(38)29(24)28)25-10-5-8-23(33)30(25)34/h3-5,7-8,10,12-14,28H,6,9,11,16,36H2,1-2H3. The summed E-state index contributed by atoms with van der Waals surface area (Å²) in [6, 6.07) is 19.0. The second-order valence-electron chi connectivity index (χ2n) is 9.75. The number of para-hydroxylation sites is 1. The van der Waals surface area contributed by atoms with Gasteiger partial charge < -0.3 is 10.5 Å². The Bertz CT molecular complexity index is 1600. The van der Waals surface area contributed by atoms with Crippen LogP contribution in [0.1, 0.15) is 47.4 Å². The van der Waals surface area contributed by atoms with E-state index in [1.807, 2.05) is 44.2 Å². The molecule has 2 N–H and O–H groups in total. The van der Waals surface area contributed by atoms with E-state index in [0.29, 0.717) is 56.9 Å². The van der Waals surface area contributed by atoms with Crippen LogP contribution < -0.4 is 15.4 Å². The number of Topliss-reactive ketones (excluding diaryl/α,β-unsaturated/α-hetero) is 1. The van der Waals surface area contributed by atoms with E-state index < -0.39 is 5.92 Å². The minimum Gasteiger partial charge on any atom is -0.487 e. The van der Waals surface area contributed by atoms with Gasteiger partial charge in [0.15, 0.2) is 5.78 Å². The molecule has 1 atom stereocenters. The van der Waals surface area contributed by atoms with Crippen LogP contribution in [0.3, 0.4) is 0 Å². The smallest absolute Gasteiger partial charge is 0.161 e. The van der Waals surface area contributed by atoms with Crippen LogP contribution >= 0.6 is 34.8 Å². The molecular weight excluding hydrogens is 553 g/mol. The van der Waals surface area contributed by atoms with Crippen LogP contribution in [0.15, 0.2) is 77.3 Å². The molecule has 5 rings (SSSR count). The molecule has 0 bridgehead atoms. The second kappa shape index (κ2) is 11.0. The van der Waals surface area contributed by atoms with Crippen molar-refractivity contribution in [3.05, 3.63) is 115 Å². The van der Waals surface area contributed by atoms with E-state index in [4.69, 9.17) is 45.3 Å². The Kier molecular flexibility index (Phi) is 7.64. The van der Waals surface area contributed by atoms with Crippen molar-refractivity contribution >= 4 is 46.3 Å². The molecule has 1 aliphatic carbocycles. The summed E-state index contributed by atoms with van der Waals surface area (Å²) in [5.41, 5.74) is 12.6. The molecule has 0 aromatic heterocycles. The fraction of sp³-hybridized carbons (Fsp3) is 0.226. The monoisotopic (exact) mass is 577 g/mol. The SMILES string of the molecule is Cc1cc(COc2ccccc2Cl)c(C)c(C2C(C#N)=C(N)N(c3cccc(Cl)c3Cl)C3=C2C(=O)CCC3)c1. The van der Waals surface area contributed by atoms with Gasteiger partial charge in [0.05, 0.1) is 38.3 Å². The van der Waals surface area contributed by atoms with Gasteiger partial charge in [0, 0.05) is 17.7 Å². The summed E-state index contributed by atoms with van der Waals surface area (Å²) in [6.45, 7) is 4.25. The quantitative estimate of drug-likeness (QED) is 0.330. The van der Waals surface area contributed by atoms with Gasteiger partial charge >= 0.3 is 0 Å². The summed E-state index contributed by atoms with van der Waals surface area (Å²) in [6.07, 6.45) is 1.70. The van der Waals surface area contributed by atoms with E-state index in [1.165, 1.54) is 0 Å². The maximum atomic E-state index is 13.6. The molecule has 5 nitrogen and oxygen atoms in total. The van der Waals surface area contributed by atoms with Crippen LogP contribution in [-0.4, -0.2) is 5.78 Å². The molecule has 198 valence electrons. The van der Waals surface area contributed by atoms with Gasteiger partial charge in [-0.15, -0.1) is 0 Å². The molecule has 0 saturated heterocycles. The number of carbonyl (C=O) groups excluding carboxylic acids is 1. The first-order valence-corrected chi connectivity index (χ1v) is 13.7. The Morgan fingerprint density at radius 2 is 1.79 bits per heavy atom. The summed E-state index contributed by atoms with van der Waals surface area (Å²) in [5, 5.41) is 11.6. The summed E-state index contributed by atoms with van der Waals surface area (Å²) in [5.74, 6) is 0.225. The maximum absolute atomic E-state index is 13.6. The molecule has 3 aromatic carbocycles. The van der Waals surface area contributed by atoms with E-state index in [-0.39, 0.29) is 18.2 Å². The van der Waals surface area contributed by atoms with Crippen molar-refractivity contribution in [3.63, 3.8) is 0 Å². The van der Waals surface area contributed by atoms with Crippen LogP contribution in [0.4, 0.5) is 5.69 Å². The lowest BCUT2D eigenvalue weighted by Crippen LogP contribution is -2.39. The number of rotatable bonds is 5. The van der Waals surface area contributed by atoms with Crippen molar-refractivity contribution in [2.24, 2.45) is 5.73 Å². The first-order valence-electron chi connectivity index (χ1n) is 12.6. The Morgan fingerprint density at radius 1 is 1.05 bits per heavy atom. The third kappa shape index (κ3) is 4.89. The van der Waals surface area contributed by atoms with Crippen LogP contribution in [0.25, 0.3) is 0 Å². The molecule has 0 fully saturated rings. The molecule has 8 heteroatoms. The summed E-state index contributed by atoms with van der Waals surface area (Å²) < 4.78 is 6.05. The van der Waals surface area contributed by atoms with Crippen molar-refractivity contribution in [2.45, 2.75) is 45.6 Å². The van der Waals surface area contributed by atoms with Gasteiger partial charge in [0.25, 0.3) is 0 Å². The van der Waals surface area contributed by atoms with Crippen molar-refractivity contribution in [1.82, 2.24) is 0 Å². The van der Waals surface area contributed by atoms with Gasteiger partial charge in [0.2, 0.25) is 0 Å². The number of hydrogen-bond acceptors (Lipinski definition) is 5. The van der Waals surface area contributed by atoms with Gasteiger partial charge in [-0.2, -0.15) is 5.26 Å². The number of nitrogens with zero attached hydrogens (tertiary/aromatic N) is 2. The Balaban J connectivity index is 1.66. The molecule has 0 radical (unpaired) electrons. The molecule has 1 unspecified atom stereocenters. The highest BCUT2D eigenvalue weighted by atomic mass is 35.5. The van der Waals surface area contributed by atoms with Crippen molar-refractivity contribution in [3.8, 4) is 11.8 Å². The minimum atomic E-state index is -0.606. The summed E-state index contributed by atoms with van der Waals surface area (Å²) >= 11 is 19.2. The molecule has 39 heavy (non-hydrogen) atoms. The zero-order valence-corrected chi connectivity index (χ0v) is 23.8. The number of nitrogens with two attached hydrogens (primary N) is 1. The lowest BCUT2D eigenvalue weighted by atomic mass is 9.73. The molecule has 2 aliphatic rings. The van der Waals surface area contributed by atoms with Crippen LogP contribution in [0, 0.1) is 25.2 Å². The van der Waals surface area contributed by atoms with Crippen LogP contribution in [-0.2, 0) is 11.4 Å². The average molecular weight is 579 g/mol. The highest BCUT2D eigenvalue weighted by Gasteiger charge is 2.41. The fourth-order valence-corrected chi connectivity index (χ4v) is 6.04. The minimum absolute atomic E-state index is 0.000533. The average Bonchev–Trinajstić information content (AvgIpc) is 2.91. The van der Waals surface area contributed by atoms with E-state index in [0.717, 1.165) is 28.0 Å². The highest BCUT2D eigenvalue weighted by Crippen LogP contribution is 2.49. The van der Waals surface area contributed by atoms with E-state index in [9.17, 15) is 10.1 Å². The number of ether oxygens (including phenoxy) is 1. The number of allylic oxidation sites excluding steroid dienone is 3. The van der Waals surface area contributed by atoms with E-state index in [1.54, 1.807) is 29.2 Å². The third-order valence-corrected chi connectivity index (χ3v) is 8.44. The molecule has 0 spiro atoms. The van der Waals surface area contributed by atoms with E-state index in [2.05, 4.69) is 6.07 Å². The third-order valence-electron chi connectivity index (χ3n) is 7.32. The molecule has 0 saturated carbocycles. The number of halogens is 3. The Hall–Kier alpha value is -3.43. The number of aryl methyl sites for hydroxylation is 1. The van der Waals surface area contributed by atoms with E-state index >= 15 is 0 Å². The number of anilines is 1. The Labute approximate surface area is 243 Å². The zero-order valence-electron chi connectivity index (χ0n) is 21.5. The van der Waals surface area contributed by atoms with Gasteiger partial charge in [-0.25, -0.2) is 0 Å². The largest absolute Gasteiger partial charge is 0.487 e. The van der Waals surface area contributed by atoms with Crippen molar-refractivity contribution in [1.29, 1.82) is 5.26 Å². The number of ketones is 1. The molecule has 0 amide bonds. The Morgan fingerprint density at radius 3 is 2.54 bits per heavy atom. The number of hydrogen-bond donors (Lipinski definition) is 1. The van der Waals surface area contributed by atoms with Gasteiger partial charge in [-0.3, -0.25) is 9.69 Å². The lowest BCUT2D eigenvalue weighted by Gasteiger charge is -2.40.